The van der Waals surface area contributed by atoms with Gasteiger partial charge in [-0.1, -0.05) is 126 Å². The normalized spacial score (nSPS) is 12.6. The number of hydrogen-bond donors (Lipinski definition) is 0. The van der Waals surface area contributed by atoms with E-state index in [2.05, 4.69) is 133 Å². The van der Waals surface area contributed by atoms with Crippen LogP contribution < -0.4 is 15.9 Å². The predicted molar refractivity (Wildman–Crippen MR) is 149 cm³/mol. The maximum atomic E-state index is 5.36. The number of nitrogens with zero attached hydrogens (tertiary/aromatic N) is 1. The minimum absolute atomic E-state index is 0.319. The van der Waals surface area contributed by atoms with Gasteiger partial charge in [-0.15, -0.1) is 0 Å². The molecule has 0 amide bonds. The quantitative estimate of drug-likeness (QED) is 0.223. The topological polar surface area (TPSA) is 12.9 Å². The zero-order valence-electron chi connectivity index (χ0n) is 20.8. The molecule has 0 unspecified atom stereocenters. The molecule has 0 fully saturated rings. The third-order valence-corrected chi connectivity index (χ3v) is 13.0. The van der Waals surface area contributed by atoms with Crippen LogP contribution in [0.3, 0.4) is 0 Å². The Hall–Kier alpha value is -2.28. The van der Waals surface area contributed by atoms with Crippen LogP contribution in [0.25, 0.3) is 10.9 Å². The molecule has 0 spiro atoms. The minimum Gasteiger partial charge on any atom is -0.252 e. The van der Waals surface area contributed by atoms with Crippen molar-refractivity contribution in [1.29, 1.82) is 0 Å². The van der Waals surface area contributed by atoms with Gasteiger partial charge in [-0.25, -0.2) is 0 Å². The first kappa shape index (κ1) is 23.9. The summed E-state index contributed by atoms with van der Waals surface area (Å²) in [6.07, 6.45) is 0. The molecule has 169 valence electrons. The van der Waals surface area contributed by atoms with Crippen molar-refractivity contribution < 1.29 is 0 Å². The Balaban J connectivity index is 1.86. The second kappa shape index (κ2) is 9.53. The molecular formula is C30H35NPSi. The van der Waals surface area contributed by atoms with Crippen LogP contribution in [0.15, 0.2) is 91.0 Å². The molecule has 1 heterocycles. The Bertz CT molecular complexity index is 1150. The summed E-state index contributed by atoms with van der Waals surface area (Å²) in [7, 11) is -1.37. The largest absolute Gasteiger partial charge is 0.252 e. The van der Waals surface area contributed by atoms with Gasteiger partial charge in [0.15, 0.2) is 0 Å². The molecule has 3 heteroatoms. The summed E-state index contributed by atoms with van der Waals surface area (Å²) in [5.41, 5.74) is 2.41. The van der Waals surface area contributed by atoms with Crippen molar-refractivity contribution in [2.45, 2.75) is 57.7 Å². The van der Waals surface area contributed by atoms with Crippen molar-refractivity contribution in [1.82, 2.24) is 4.98 Å². The van der Waals surface area contributed by atoms with Crippen LogP contribution in [-0.2, 0) is 6.04 Å². The molecule has 4 aromatic rings. The highest BCUT2D eigenvalue weighted by atomic mass is 31.1. The van der Waals surface area contributed by atoms with E-state index in [4.69, 9.17) is 4.98 Å². The molecule has 3 aromatic carbocycles. The van der Waals surface area contributed by atoms with Gasteiger partial charge in [-0.2, -0.15) is 0 Å². The maximum Gasteiger partial charge on any atom is 0.0788 e. The fourth-order valence-corrected chi connectivity index (χ4v) is 11.2. The van der Waals surface area contributed by atoms with Crippen LogP contribution >= 0.6 is 7.92 Å². The lowest BCUT2D eigenvalue weighted by molar-refractivity contribution is 0.635. The molecule has 1 radical (unpaired) electrons. The molecule has 0 bridgehead atoms. The number of benzene rings is 3. The Morgan fingerprint density at radius 3 is 1.70 bits per heavy atom. The number of hydrogen-bond acceptors (Lipinski definition) is 1. The smallest absolute Gasteiger partial charge is 0.0788 e. The van der Waals surface area contributed by atoms with Crippen molar-refractivity contribution in [2.75, 3.05) is 0 Å². The van der Waals surface area contributed by atoms with Gasteiger partial charge < -0.3 is 0 Å². The van der Waals surface area contributed by atoms with E-state index in [9.17, 15) is 0 Å². The standard InChI is InChI=1S/C30H35NPSi/c1-29(2,3)33(30(4,5)6)22-24-21-20-23-14-13-19-27(28(23)31-24)32(25-15-9-7-10-16-25)26-17-11-8-12-18-26/h7-21H,22H2,1-6H3. The van der Waals surface area contributed by atoms with Crippen molar-refractivity contribution in [3.8, 4) is 0 Å². The first-order chi connectivity index (χ1) is 15.6. The van der Waals surface area contributed by atoms with E-state index in [0.29, 0.717) is 10.1 Å². The van der Waals surface area contributed by atoms with Crippen LogP contribution in [0.1, 0.15) is 47.2 Å². The average Bonchev–Trinajstić information content (AvgIpc) is 2.78. The molecule has 33 heavy (non-hydrogen) atoms. The highest BCUT2D eigenvalue weighted by Crippen LogP contribution is 2.43. The molecule has 0 aliphatic carbocycles. The number of pyridine rings is 1. The fourth-order valence-electron chi connectivity index (χ4n) is 4.87. The van der Waals surface area contributed by atoms with E-state index in [-0.39, 0.29) is 0 Å². The van der Waals surface area contributed by atoms with Crippen molar-refractivity contribution in [2.24, 2.45) is 0 Å². The third-order valence-electron chi connectivity index (χ3n) is 6.19. The lowest BCUT2D eigenvalue weighted by atomic mass is 10.2. The van der Waals surface area contributed by atoms with E-state index in [1.807, 2.05) is 0 Å². The van der Waals surface area contributed by atoms with E-state index in [0.717, 1.165) is 11.6 Å². The van der Waals surface area contributed by atoms with E-state index in [1.54, 1.807) is 0 Å². The van der Waals surface area contributed by atoms with Crippen LogP contribution in [0, 0.1) is 0 Å². The summed E-state index contributed by atoms with van der Waals surface area (Å²) < 4.78 is 0. The van der Waals surface area contributed by atoms with Gasteiger partial charge in [0.05, 0.1) is 14.3 Å². The maximum absolute atomic E-state index is 5.36. The SMILES string of the molecule is CC(C)(C)[Si](Cc1ccc2cccc(P(c3ccccc3)c3ccccc3)c2n1)C(C)(C)C. The molecule has 1 nitrogen and oxygen atoms in total. The van der Waals surface area contributed by atoms with Crippen LogP contribution in [-0.4, -0.2) is 13.8 Å². The zero-order chi connectivity index (χ0) is 23.6. The summed E-state index contributed by atoms with van der Waals surface area (Å²) in [5.74, 6) is 0. The van der Waals surface area contributed by atoms with Gasteiger partial charge in [0.2, 0.25) is 0 Å². The Labute approximate surface area is 202 Å². The summed E-state index contributed by atoms with van der Waals surface area (Å²) >= 11 is 0. The molecule has 0 saturated carbocycles. The lowest BCUT2D eigenvalue weighted by Gasteiger charge is -2.39. The number of para-hydroxylation sites is 1. The number of rotatable bonds is 5. The van der Waals surface area contributed by atoms with Crippen LogP contribution in [0.2, 0.25) is 10.1 Å². The third kappa shape index (κ3) is 5.45. The summed E-state index contributed by atoms with van der Waals surface area (Å²) in [6.45, 7) is 14.4. The van der Waals surface area contributed by atoms with Crippen LogP contribution in [0.5, 0.6) is 0 Å². The first-order valence-corrected chi connectivity index (χ1v) is 14.8. The molecular weight excluding hydrogens is 433 g/mol. The van der Waals surface area contributed by atoms with E-state index in [1.165, 1.54) is 27.0 Å². The molecule has 0 N–H and O–H groups in total. The highest BCUT2D eigenvalue weighted by molar-refractivity contribution is 7.80. The zero-order valence-corrected chi connectivity index (χ0v) is 22.7. The van der Waals surface area contributed by atoms with Gasteiger partial charge in [0.1, 0.15) is 0 Å². The molecule has 0 aliphatic rings. The summed E-state index contributed by atoms with van der Waals surface area (Å²) in [4.78, 5) is 5.36. The number of fused-ring (bicyclic) bond motifs is 1. The van der Waals surface area contributed by atoms with Gasteiger partial charge in [0.25, 0.3) is 0 Å². The molecule has 1 aromatic heterocycles. The van der Waals surface area contributed by atoms with Gasteiger partial charge in [0, 0.05) is 16.4 Å². The first-order valence-electron chi connectivity index (χ1n) is 11.8. The highest BCUT2D eigenvalue weighted by Gasteiger charge is 2.37. The molecule has 0 saturated heterocycles. The van der Waals surface area contributed by atoms with Crippen LogP contribution in [0.4, 0.5) is 0 Å². The lowest BCUT2D eigenvalue weighted by Crippen LogP contribution is -2.37. The molecule has 4 rings (SSSR count). The Morgan fingerprint density at radius 1 is 0.636 bits per heavy atom. The second-order valence-corrected chi connectivity index (χ2v) is 17.3. The Kier molecular flexibility index (Phi) is 6.89. The monoisotopic (exact) mass is 468 g/mol. The van der Waals surface area contributed by atoms with Gasteiger partial charge in [-0.05, 0) is 40.7 Å². The minimum atomic E-state index is -0.689. The number of aromatic nitrogens is 1. The van der Waals surface area contributed by atoms with E-state index >= 15 is 0 Å². The van der Waals surface area contributed by atoms with Gasteiger partial charge >= 0.3 is 0 Å². The summed E-state index contributed by atoms with van der Waals surface area (Å²) in [6, 6.07) is 34.2. The van der Waals surface area contributed by atoms with Crippen molar-refractivity contribution in [3.05, 3.63) is 96.7 Å². The molecule has 0 atom stereocenters. The van der Waals surface area contributed by atoms with Gasteiger partial charge in [-0.3, -0.25) is 4.98 Å². The Morgan fingerprint density at radius 2 is 1.18 bits per heavy atom. The molecule has 0 aliphatic heterocycles. The van der Waals surface area contributed by atoms with E-state index < -0.39 is 16.7 Å². The van der Waals surface area contributed by atoms with Crippen molar-refractivity contribution in [3.63, 3.8) is 0 Å². The summed E-state index contributed by atoms with van der Waals surface area (Å²) in [5, 5.41) is 5.96. The van der Waals surface area contributed by atoms with Crippen molar-refractivity contribution >= 4 is 43.5 Å². The fraction of sp³-hybridized carbons (Fsp3) is 0.300. The predicted octanol–water partition coefficient (Wildman–Crippen LogP) is 7.17. The average molecular weight is 469 g/mol. The second-order valence-electron chi connectivity index (χ2n) is 10.8.